The standard InChI is InChI=1S/C17H21N3O/c21-17(12-14-6-2-1-3-7-14)19-16-9-8-15(13-18-16)20-10-4-5-11-20/h2,6-9,13H,1,3-5,10-12H2,(H,18,19,21). The van der Waals surface area contributed by atoms with Crippen molar-refractivity contribution in [2.24, 2.45) is 0 Å². The van der Waals surface area contributed by atoms with Gasteiger partial charge in [0, 0.05) is 13.1 Å². The summed E-state index contributed by atoms with van der Waals surface area (Å²) in [5.41, 5.74) is 2.23. The predicted octanol–water partition coefficient (Wildman–Crippen LogP) is 3.29. The van der Waals surface area contributed by atoms with E-state index in [4.69, 9.17) is 0 Å². The molecule has 0 atom stereocenters. The van der Waals surface area contributed by atoms with Gasteiger partial charge >= 0.3 is 0 Å². The Kier molecular flexibility index (Phi) is 4.34. The number of rotatable bonds is 4. The maximum atomic E-state index is 12.0. The van der Waals surface area contributed by atoms with Crippen LogP contribution in [0.3, 0.4) is 0 Å². The minimum Gasteiger partial charge on any atom is -0.370 e. The zero-order valence-electron chi connectivity index (χ0n) is 12.2. The van der Waals surface area contributed by atoms with Crippen LogP contribution in [0.4, 0.5) is 11.5 Å². The van der Waals surface area contributed by atoms with Crippen molar-refractivity contribution < 1.29 is 4.79 Å². The minimum atomic E-state index is -0.00535. The Morgan fingerprint density at radius 2 is 2.10 bits per heavy atom. The van der Waals surface area contributed by atoms with Crippen molar-refractivity contribution in [1.29, 1.82) is 0 Å². The van der Waals surface area contributed by atoms with E-state index in [-0.39, 0.29) is 5.91 Å². The smallest absolute Gasteiger partial charge is 0.229 e. The Morgan fingerprint density at radius 1 is 1.24 bits per heavy atom. The summed E-state index contributed by atoms with van der Waals surface area (Å²) in [5.74, 6) is 0.623. The number of pyridine rings is 1. The molecule has 4 nitrogen and oxygen atoms in total. The van der Waals surface area contributed by atoms with Gasteiger partial charge in [0.25, 0.3) is 0 Å². The normalized spacial score (nSPS) is 17.7. The van der Waals surface area contributed by atoms with Gasteiger partial charge in [-0.2, -0.15) is 0 Å². The third-order valence-corrected chi connectivity index (χ3v) is 3.92. The van der Waals surface area contributed by atoms with Crippen molar-refractivity contribution in [2.45, 2.75) is 32.1 Å². The molecule has 1 amide bonds. The molecule has 3 rings (SSSR count). The summed E-state index contributed by atoms with van der Waals surface area (Å²) in [6, 6.07) is 3.92. The fraction of sp³-hybridized carbons (Fsp3) is 0.412. The summed E-state index contributed by atoms with van der Waals surface area (Å²) in [4.78, 5) is 18.7. The maximum Gasteiger partial charge on any atom is 0.229 e. The van der Waals surface area contributed by atoms with E-state index in [1.807, 2.05) is 24.4 Å². The van der Waals surface area contributed by atoms with E-state index >= 15 is 0 Å². The quantitative estimate of drug-likeness (QED) is 0.922. The highest BCUT2D eigenvalue weighted by Crippen LogP contribution is 2.20. The van der Waals surface area contributed by atoms with E-state index < -0.39 is 0 Å². The third kappa shape index (κ3) is 3.72. The molecule has 1 fully saturated rings. The third-order valence-electron chi connectivity index (χ3n) is 3.92. The molecule has 0 spiro atoms. The SMILES string of the molecule is O=C(CC1=CCCC=C1)Nc1ccc(N2CCCC2)cn1. The van der Waals surface area contributed by atoms with Crippen LogP contribution in [-0.2, 0) is 4.79 Å². The molecule has 0 unspecified atom stereocenters. The first-order valence-electron chi connectivity index (χ1n) is 7.68. The van der Waals surface area contributed by atoms with Crippen molar-refractivity contribution in [3.63, 3.8) is 0 Å². The highest BCUT2D eigenvalue weighted by atomic mass is 16.1. The van der Waals surface area contributed by atoms with Crippen molar-refractivity contribution in [3.8, 4) is 0 Å². The molecule has 0 radical (unpaired) electrons. The van der Waals surface area contributed by atoms with Gasteiger partial charge in [-0.25, -0.2) is 4.98 Å². The lowest BCUT2D eigenvalue weighted by molar-refractivity contribution is -0.115. The minimum absolute atomic E-state index is 0.00535. The zero-order chi connectivity index (χ0) is 14.5. The van der Waals surface area contributed by atoms with Crippen LogP contribution in [0.1, 0.15) is 32.1 Å². The number of nitrogens with one attached hydrogen (secondary N) is 1. The van der Waals surface area contributed by atoms with Crippen LogP contribution in [0.15, 0.2) is 42.1 Å². The molecule has 4 heteroatoms. The topological polar surface area (TPSA) is 45.2 Å². The molecule has 0 aromatic carbocycles. The second kappa shape index (κ2) is 6.57. The Hall–Kier alpha value is -2.10. The lowest BCUT2D eigenvalue weighted by Gasteiger charge is -2.17. The number of nitrogens with zero attached hydrogens (tertiary/aromatic N) is 2. The molecule has 0 bridgehead atoms. The van der Waals surface area contributed by atoms with Gasteiger partial charge in [-0.3, -0.25) is 4.79 Å². The van der Waals surface area contributed by atoms with Crippen LogP contribution in [0.25, 0.3) is 0 Å². The molecule has 2 aliphatic rings. The van der Waals surface area contributed by atoms with Gasteiger partial charge in [0.05, 0.1) is 18.3 Å². The van der Waals surface area contributed by atoms with E-state index in [0.29, 0.717) is 12.2 Å². The zero-order valence-corrected chi connectivity index (χ0v) is 12.2. The van der Waals surface area contributed by atoms with E-state index in [1.54, 1.807) is 0 Å². The number of aromatic nitrogens is 1. The largest absolute Gasteiger partial charge is 0.370 e. The Morgan fingerprint density at radius 3 is 2.76 bits per heavy atom. The van der Waals surface area contributed by atoms with E-state index in [0.717, 1.165) is 37.2 Å². The second-order valence-electron chi connectivity index (χ2n) is 5.58. The summed E-state index contributed by atoms with van der Waals surface area (Å²) in [6.45, 7) is 2.21. The fourth-order valence-corrected chi connectivity index (χ4v) is 2.79. The van der Waals surface area contributed by atoms with Gasteiger partial charge in [-0.05, 0) is 43.4 Å². The van der Waals surface area contributed by atoms with Crippen molar-refractivity contribution in [3.05, 3.63) is 42.1 Å². The first kappa shape index (κ1) is 13.9. The summed E-state index contributed by atoms with van der Waals surface area (Å²) in [7, 11) is 0. The van der Waals surface area contributed by atoms with Crippen LogP contribution in [0.2, 0.25) is 0 Å². The molecule has 1 N–H and O–H groups in total. The number of carbonyl (C=O) groups is 1. The molecule has 110 valence electrons. The Balaban J connectivity index is 1.55. The lowest BCUT2D eigenvalue weighted by Crippen LogP contribution is -2.18. The van der Waals surface area contributed by atoms with Gasteiger partial charge in [0.1, 0.15) is 5.82 Å². The molecule has 1 aliphatic heterocycles. The molecular weight excluding hydrogens is 262 g/mol. The maximum absolute atomic E-state index is 12.0. The number of hydrogen-bond acceptors (Lipinski definition) is 3. The van der Waals surface area contributed by atoms with Gasteiger partial charge in [0.15, 0.2) is 0 Å². The number of allylic oxidation sites excluding steroid dienone is 3. The first-order chi connectivity index (χ1) is 10.3. The predicted molar refractivity (Wildman–Crippen MR) is 85.4 cm³/mol. The molecule has 0 saturated carbocycles. The van der Waals surface area contributed by atoms with Gasteiger partial charge in [-0.15, -0.1) is 0 Å². The first-order valence-corrected chi connectivity index (χ1v) is 7.68. The van der Waals surface area contributed by atoms with Crippen LogP contribution in [0, 0.1) is 0 Å². The highest BCUT2D eigenvalue weighted by molar-refractivity contribution is 5.91. The van der Waals surface area contributed by atoms with Crippen LogP contribution in [-0.4, -0.2) is 24.0 Å². The molecule has 21 heavy (non-hydrogen) atoms. The number of anilines is 2. The summed E-state index contributed by atoms with van der Waals surface area (Å²) < 4.78 is 0. The molecule has 1 saturated heterocycles. The average molecular weight is 283 g/mol. The van der Waals surface area contributed by atoms with Gasteiger partial charge in [0.2, 0.25) is 5.91 Å². The molecule has 2 heterocycles. The van der Waals surface area contributed by atoms with Gasteiger partial charge in [-0.1, -0.05) is 18.2 Å². The van der Waals surface area contributed by atoms with Crippen molar-refractivity contribution >= 4 is 17.4 Å². The lowest BCUT2D eigenvalue weighted by atomic mass is 10.0. The molecule has 1 aromatic heterocycles. The molecule has 1 aliphatic carbocycles. The number of carbonyl (C=O) groups excluding carboxylic acids is 1. The summed E-state index contributed by atoms with van der Waals surface area (Å²) in [6.07, 6.45) is 13.2. The number of amides is 1. The van der Waals surface area contributed by atoms with E-state index in [2.05, 4.69) is 27.4 Å². The van der Waals surface area contributed by atoms with Crippen LogP contribution >= 0.6 is 0 Å². The Labute approximate surface area is 125 Å². The summed E-state index contributed by atoms with van der Waals surface area (Å²) in [5, 5.41) is 2.86. The van der Waals surface area contributed by atoms with E-state index in [9.17, 15) is 4.79 Å². The van der Waals surface area contributed by atoms with Crippen molar-refractivity contribution in [1.82, 2.24) is 4.98 Å². The van der Waals surface area contributed by atoms with Gasteiger partial charge < -0.3 is 10.2 Å². The number of hydrogen-bond donors (Lipinski definition) is 1. The van der Waals surface area contributed by atoms with Crippen LogP contribution in [0.5, 0.6) is 0 Å². The highest BCUT2D eigenvalue weighted by Gasteiger charge is 2.13. The van der Waals surface area contributed by atoms with Crippen LogP contribution < -0.4 is 10.2 Å². The van der Waals surface area contributed by atoms with Crippen molar-refractivity contribution in [2.75, 3.05) is 23.3 Å². The summed E-state index contributed by atoms with van der Waals surface area (Å²) >= 11 is 0. The monoisotopic (exact) mass is 283 g/mol. The Bertz CT molecular complexity index is 554. The fourth-order valence-electron chi connectivity index (χ4n) is 2.79. The second-order valence-corrected chi connectivity index (χ2v) is 5.58. The molecular formula is C17H21N3O. The average Bonchev–Trinajstić information content (AvgIpc) is 3.03. The molecule has 1 aromatic rings. The van der Waals surface area contributed by atoms with E-state index in [1.165, 1.54) is 12.8 Å².